The molecule has 0 fully saturated rings. The third-order valence-electron chi connectivity index (χ3n) is 2.89. The zero-order valence-corrected chi connectivity index (χ0v) is 12.9. The van der Waals surface area contributed by atoms with Crippen LogP contribution < -0.4 is 4.74 Å². The van der Waals surface area contributed by atoms with E-state index in [1.165, 1.54) is 19.2 Å². The number of methoxy groups -OCH3 is 1. The highest BCUT2D eigenvalue weighted by molar-refractivity contribution is 7.89. The standard InChI is InChI=1S/C13H19NO6S/c1-9(2)14(6-7-15)21(18,19)12-8-10(13(16)17)4-5-11(12)20-3/h4-5,8-9,15H,6-7H2,1-3H3,(H,16,17). The van der Waals surface area contributed by atoms with Crippen molar-refractivity contribution in [3.05, 3.63) is 23.8 Å². The number of sulfonamides is 1. The Kier molecular flexibility index (Phi) is 5.70. The summed E-state index contributed by atoms with van der Waals surface area (Å²) in [6.07, 6.45) is 0. The van der Waals surface area contributed by atoms with Gasteiger partial charge < -0.3 is 14.9 Å². The van der Waals surface area contributed by atoms with Crippen LogP contribution in [0, 0.1) is 0 Å². The first-order valence-corrected chi connectivity index (χ1v) is 7.73. The maximum absolute atomic E-state index is 12.7. The molecule has 0 spiro atoms. The second kappa shape index (κ2) is 6.88. The Hall–Kier alpha value is -1.64. The van der Waals surface area contributed by atoms with Crippen LogP contribution in [0.1, 0.15) is 24.2 Å². The van der Waals surface area contributed by atoms with Crippen LogP contribution in [0.15, 0.2) is 23.1 Å². The summed E-state index contributed by atoms with van der Waals surface area (Å²) in [5.41, 5.74) is -0.151. The van der Waals surface area contributed by atoms with Gasteiger partial charge in [-0.05, 0) is 32.0 Å². The lowest BCUT2D eigenvalue weighted by atomic mass is 10.2. The third-order valence-corrected chi connectivity index (χ3v) is 4.99. The van der Waals surface area contributed by atoms with E-state index in [0.717, 1.165) is 10.4 Å². The van der Waals surface area contributed by atoms with Crippen molar-refractivity contribution < 1.29 is 28.2 Å². The summed E-state index contributed by atoms with van der Waals surface area (Å²) in [5.74, 6) is -1.17. The Bertz CT molecular complexity index is 611. The lowest BCUT2D eigenvalue weighted by molar-refractivity contribution is 0.0696. The number of carboxylic acid groups (broad SMARTS) is 1. The van der Waals surface area contributed by atoms with Crippen LogP contribution in [0.3, 0.4) is 0 Å². The molecule has 0 amide bonds. The minimum absolute atomic E-state index is 0.0589. The molecule has 0 bridgehead atoms. The van der Waals surface area contributed by atoms with Gasteiger partial charge in [0.2, 0.25) is 10.0 Å². The number of carboxylic acids is 1. The van der Waals surface area contributed by atoms with E-state index in [0.29, 0.717) is 0 Å². The minimum atomic E-state index is -3.98. The summed E-state index contributed by atoms with van der Waals surface area (Å²) in [6.45, 7) is 2.92. The van der Waals surface area contributed by atoms with E-state index in [9.17, 15) is 13.2 Å². The number of rotatable bonds is 7. The fourth-order valence-electron chi connectivity index (χ4n) is 1.89. The number of aliphatic hydroxyl groups is 1. The molecule has 0 aromatic heterocycles. The van der Waals surface area contributed by atoms with Crippen LogP contribution in [0.25, 0.3) is 0 Å². The summed E-state index contributed by atoms with van der Waals surface area (Å²) >= 11 is 0. The van der Waals surface area contributed by atoms with E-state index >= 15 is 0 Å². The molecular formula is C13H19NO6S. The minimum Gasteiger partial charge on any atom is -0.495 e. The molecule has 0 aliphatic heterocycles. The molecule has 1 rings (SSSR count). The Morgan fingerprint density at radius 1 is 1.38 bits per heavy atom. The van der Waals surface area contributed by atoms with Crippen LogP contribution in [0.2, 0.25) is 0 Å². The van der Waals surface area contributed by atoms with Crippen molar-refractivity contribution in [2.24, 2.45) is 0 Å². The fraction of sp³-hybridized carbons (Fsp3) is 0.462. The number of carbonyl (C=O) groups is 1. The third kappa shape index (κ3) is 3.72. The van der Waals surface area contributed by atoms with Gasteiger partial charge in [-0.2, -0.15) is 4.31 Å². The predicted molar refractivity (Wildman–Crippen MR) is 76.1 cm³/mol. The molecule has 118 valence electrons. The first-order valence-electron chi connectivity index (χ1n) is 6.29. The molecule has 0 atom stereocenters. The summed E-state index contributed by atoms with van der Waals surface area (Å²) < 4.78 is 31.4. The normalized spacial score (nSPS) is 11.9. The first-order chi connectivity index (χ1) is 9.75. The number of ether oxygens (including phenoxy) is 1. The van der Waals surface area contributed by atoms with E-state index in [-0.39, 0.29) is 35.4 Å². The highest BCUT2D eigenvalue weighted by Crippen LogP contribution is 2.28. The molecule has 0 saturated heterocycles. The monoisotopic (exact) mass is 317 g/mol. The highest BCUT2D eigenvalue weighted by atomic mass is 32.2. The zero-order valence-electron chi connectivity index (χ0n) is 12.1. The van der Waals surface area contributed by atoms with Gasteiger partial charge in [-0.3, -0.25) is 0 Å². The summed E-state index contributed by atoms with van der Waals surface area (Å²) in [4.78, 5) is 10.8. The lowest BCUT2D eigenvalue weighted by Crippen LogP contribution is -2.39. The van der Waals surface area contributed by atoms with Gasteiger partial charge in [0.05, 0.1) is 19.3 Å². The van der Waals surface area contributed by atoms with Crippen molar-refractivity contribution in [2.45, 2.75) is 24.8 Å². The Morgan fingerprint density at radius 3 is 2.43 bits per heavy atom. The van der Waals surface area contributed by atoms with Crippen LogP contribution in [0.4, 0.5) is 0 Å². The number of benzene rings is 1. The molecule has 0 heterocycles. The molecule has 0 saturated carbocycles. The number of nitrogens with zero attached hydrogens (tertiary/aromatic N) is 1. The van der Waals surface area contributed by atoms with Gasteiger partial charge >= 0.3 is 5.97 Å². The van der Waals surface area contributed by atoms with Gasteiger partial charge in [-0.15, -0.1) is 0 Å². The second-order valence-electron chi connectivity index (χ2n) is 4.60. The number of hydrogen-bond acceptors (Lipinski definition) is 5. The number of aromatic carboxylic acids is 1. The molecular weight excluding hydrogens is 298 g/mol. The molecule has 0 radical (unpaired) electrons. The van der Waals surface area contributed by atoms with Gasteiger partial charge in [0, 0.05) is 12.6 Å². The first kappa shape index (κ1) is 17.4. The lowest BCUT2D eigenvalue weighted by Gasteiger charge is -2.26. The Morgan fingerprint density at radius 2 is 2.00 bits per heavy atom. The zero-order chi connectivity index (χ0) is 16.2. The van der Waals surface area contributed by atoms with Gasteiger partial charge in [-0.1, -0.05) is 0 Å². The number of hydrogen-bond donors (Lipinski definition) is 2. The van der Waals surface area contributed by atoms with E-state index in [2.05, 4.69) is 0 Å². The molecule has 8 heteroatoms. The van der Waals surface area contributed by atoms with E-state index in [1.807, 2.05) is 0 Å². The van der Waals surface area contributed by atoms with Crippen molar-refractivity contribution >= 4 is 16.0 Å². The van der Waals surface area contributed by atoms with Gasteiger partial charge in [0.15, 0.2) is 0 Å². The van der Waals surface area contributed by atoms with Gasteiger partial charge in [0.25, 0.3) is 0 Å². The van der Waals surface area contributed by atoms with Gasteiger partial charge in [0.1, 0.15) is 10.6 Å². The summed E-state index contributed by atoms with van der Waals surface area (Å²) in [7, 11) is -2.67. The molecule has 7 nitrogen and oxygen atoms in total. The Balaban J connectivity index is 3.47. The molecule has 0 aliphatic carbocycles. The van der Waals surface area contributed by atoms with E-state index in [4.69, 9.17) is 14.9 Å². The summed E-state index contributed by atoms with van der Waals surface area (Å²) in [6, 6.07) is 3.24. The maximum atomic E-state index is 12.7. The summed E-state index contributed by atoms with van der Waals surface area (Å²) in [5, 5.41) is 18.0. The van der Waals surface area contributed by atoms with Crippen molar-refractivity contribution in [1.82, 2.24) is 4.31 Å². The van der Waals surface area contributed by atoms with Crippen LogP contribution >= 0.6 is 0 Å². The highest BCUT2D eigenvalue weighted by Gasteiger charge is 2.30. The average Bonchev–Trinajstić information content (AvgIpc) is 2.43. The molecule has 21 heavy (non-hydrogen) atoms. The molecule has 1 aromatic carbocycles. The van der Waals surface area contributed by atoms with Gasteiger partial charge in [-0.25, -0.2) is 13.2 Å². The van der Waals surface area contributed by atoms with Crippen LogP contribution in [0.5, 0.6) is 5.75 Å². The van der Waals surface area contributed by atoms with Crippen molar-refractivity contribution in [2.75, 3.05) is 20.3 Å². The van der Waals surface area contributed by atoms with Crippen molar-refractivity contribution in [1.29, 1.82) is 0 Å². The van der Waals surface area contributed by atoms with Crippen molar-refractivity contribution in [3.63, 3.8) is 0 Å². The van der Waals surface area contributed by atoms with E-state index < -0.39 is 16.0 Å². The van der Waals surface area contributed by atoms with Crippen LogP contribution in [-0.4, -0.2) is 55.2 Å². The number of aliphatic hydroxyl groups excluding tert-OH is 1. The topological polar surface area (TPSA) is 104 Å². The van der Waals surface area contributed by atoms with E-state index in [1.54, 1.807) is 13.8 Å². The Labute approximate surface area is 123 Å². The largest absolute Gasteiger partial charge is 0.495 e. The smallest absolute Gasteiger partial charge is 0.335 e. The van der Waals surface area contributed by atoms with Crippen LogP contribution in [-0.2, 0) is 10.0 Å². The molecule has 0 unspecified atom stereocenters. The second-order valence-corrected chi connectivity index (χ2v) is 6.46. The average molecular weight is 317 g/mol. The molecule has 0 aliphatic rings. The maximum Gasteiger partial charge on any atom is 0.335 e. The SMILES string of the molecule is COc1ccc(C(=O)O)cc1S(=O)(=O)N(CCO)C(C)C. The predicted octanol–water partition coefficient (Wildman–Crippen LogP) is 0.785. The van der Waals surface area contributed by atoms with Crippen molar-refractivity contribution in [3.8, 4) is 5.75 Å². The molecule has 2 N–H and O–H groups in total. The fourth-order valence-corrected chi connectivity index (χ4v) is 3.70. The molecule has 1 aromatic rings. The quantitative estimate of drug-likeness (QED) is 0.770.